The molecule has 4 nitrogen and oxygen atoms in total. The first-order chi connectivity index (χ1) is 11.2. The molecule has 0 aliphatic heterocycles. The number of benzene rings is 1. The van der Waals surface area contributed by atoms with Gasteiger partial charge in [-0.2, -0.15) is 0 Å². The standard InChI is InChI=1S/C16H16FNS.CH4N2O/c1-18-16-10-12(17)9-15(11-4-5-11)14(16)7-6-13-3-2-8-19-13;2-3-1-4/h2-3,6-11,18H,4-5H2,1H3;1H,2H2,(H,3,4)/b7-6+;. The Balaban J connectivity index is 0.000000433. The molecule has 4 N–H and O–H groups in total. The van der Waals surface area contributed by atoms with Gasteiger partial charge in [0.25, 0.3) is 0 Å². The quantitative estimate of drug-likeness (QED) is 0.339. The molecule has 1 amide bonds. The minimum Gasteiger partial charge on any atom is -0.388 e. The molecular formula is C17H20FN3OS. The zero-order valence-electron chi connectivity index (χ0n) is 12.9. The number of carbonyl (C=O) groups is 1. The Hall–Kier alpha value is -2.18. The van der Waals surface area contributed by atoms with Crippen molar-refractivity contribution in [3.05, 3.63) is 51.5 Å². The summed E-state index contributed by atoms with van der Waals surface area (Å²) >= 11 is 1.71. The van der Waals surface area contributed by atoms with E-state index in [-0.39, 0.29) is 5.82 Å². The summed E-state index contributed by atoms with van der Waals surface area (Å²) in [4.78, 5) is 10.2. The Morgan fingerprint density at radius 3 is 2.61 bits per heavy atom. The highest BCUT2D eigenvalue weighted by Crippen LogP contribution is 2.44. The molecule has 122 valence electrons. The summed E-state index contributed by atoms with van der Waals surface area (Å²) in [6.45, 7) is 0. The van der Waals surface area contributed by atoms with E-state index in [2.05, 4.69) is 34.8 Å². The largest absolute Gasteiger partial charge is 0.388 e. The Bertz CT molecular complexity index is 667. The fourth-order valence-corrected chi connectivity index (χ4v) is 2.93. The van der Waals surface area contributed by atoms with Crippen LogP contribution in [0.25, 0.3) is 12.2 Å². The van der Waals surface area contributed by atoms with Crippen LogP contribution in [0.15, 0.2) is 29.6 Å². The number of hydrazine groups is 1. The SMILES string of the molecule is CNc1cc(F)cc(C2CC2)c1/C=C/c1cccs1.NNC=O. The number of hydrogen-bond donors (Lipinski definition) is 3. The van der Waals surface area contributed by atoms with Gasteiger partial charge in [0.1, 0.15) is 5.82 Å². The molecule has 0 atom stereocenters. The van der Waals surface area contributed by atoms with Crippen molar-refractivity contribution in [1.82, 2.24) is 5.43 Å². The van der Waals surface area contributed by atoms with Gasteiger partial charge < -0.3 is 5.32 Å². The van der Waals surface area contributed by atoms with E-state index in [4.69, 9.17) is 4.79 Å². The lowest BCUT2D eigenvalue weighted by Crippen LogP contribution is -2.18. The van der Waals surface area contributed by atoms with Crippen molar-refractivity contribution < 1.29 is 9.18 Å². The van der Waals surface area contributed by atoms with Gasteiger partial charge in [0, 0.05) is 23.2 Å². The number of thiophene rings is 1. The Morgan fingerprint density at radius 2 is 2.09 bits per heavy atom. The van der Waals surface area contributed by atoms with Crippen LogP contribution in [-0.2, 0) is 4.79 Å². The molecule has 2 aromatic rings. The molecule has 0 radical (unpaired) electrons. The summed E-state index contributed by atoms with van der Waals surface area (Å²) in [6, 6.07) is 7.38. The van der Waals surface area contributed by atoms with Crippen LogP contribution in [0.5, 0.6) is 0 Å². The van der Waals surface area contributed by atoms with Crippen molar-refractivity contribution in [3.8, 4) is 0 Å². The smallest absolute Gasteiger partial charge is 0.221 e. The molecule has 1 saturated carbocycles. The lowest BCUT2D eigenvalue weighted by Gasteiger charge is -2.11. The van der Waals surface area contributed by atoms with Gasteiger partial charge in [-0.1, -0.05) is 12.1 Å². The topological polar surface area (TPSA) is 67.2 Å². The van der Waals surface area contributed by atoms with E-state index >= 15 is 0 Å². The second kappa shape index (κ2) is 8.45. The molecule has 1 aromatic heterocycles. The summed E-state index contributed by atoms with van der Waals surface area (Å²) in [6.07, 6.45) is 6.95. The highest BCUT2D eigenvalue weighted by Gasteiger charge is 2.27. The molecule has 0 spiro atoms. The van der Waals surface area contributed by atoms with Crippen LogP contribution in [-0.4, -0.2) is 13.5 Å². The minimum atomic E-state index is -0.153. The first-order valence-electron chi connectivity index (χ1n) is 7.32. The Kier molecular flexibility index (Phi) is 6.31. The monoisotopic (exact) mass is 333 g/mol. The first kappa shape index (κ1) is 17.2. The van der Waals surface area contributed by atoms with E-state index < -0.39 is 0 Å². The molecule has 0 saturated heterocycles. The van der Waals surface area contributed by atoms with Crippen molar-refractivity contribution >= 4 is 35.6 Å². The molecule has 0 bridgehead atoms. The van der Waals surface area contributed by atoms with Gasteiger partial charge in [-0.05, 0) is 54.0 Å². The first-order valence-corrected chi connectivity index (χ1v) is 8.20. The summed E-state index contributed by atoms with van der Waals surface area (Å²) in [5.41, 5.74) is 4.88. The average molecular weight is 333 g/mol. The molecule has 1 fully saturated rings. The predicted molar refractivity (Wildman–Crippen MR) is 94.6 cm³/mol. The van der Waals surface area contributed by atoms with Crippen LogP contribution in [0.3, 0.4) is 0 Å². The van der Waals surface area contributed by atoms with Gasteiger partial charge in [0.05, 0.1) is 0 Å². The van der Waals surface area contributed by atoms with Gasteiger partial charge >= 0.3 is 0 Å². The van der Waals surface area contributed by atoms with Gasteiger partial charge in [-0.15, -0.1) is 11.3 Å². The highest BCUT2D eigenvalue weighted by atomic mass is 32.1. The van der Waals surface area contributed by atoms with Crippen LogP contribution >= 0.6 is 11.3 Å². The number of halogens is 1. The third kappa shape index (κ3) is 4.91. The summed E-state index contributed by atoms with van der Waals surface area (Å²) < 4.78 is 13.6. The third-order valence-corrected chi connectivity index (χ3v) is 4.33. The Labute approximate surface area is 139 Å². The van der Waals surface area contributed by atoms with E-state index in [1.165, 1.54) is 17.7 Å². The molecule has 23 heavy (non-hydrogen) atoms. The number of nitrogens with two attached hydrogens (primary N) is 1. The number of amides is 1. The third-order valence-electron chi connectivity index (χ3n) is 3.49. The number of rotatable bonds is 5. The van der Waals surface area contributed by atoms with Crippen molar-refractivity contribution in [2.24, 2.45) is 5.84 Å². The normalized spacial score (nSPS) is 13.3. The van der Waals surface area contributed by atoms with Crippen molar-refractivity contribution in [1.29, 1.82) is 0 Å². The summed E-state index contributed by atoms with van der Waals surface area (Å²) in [7, 11) is 1.84. The van der Waals surface area contributed by atoms with E-state index in [1.54, 1.807) is 28.9 Å². The lowest BCUT2D eigenvalue weighted by atomic mass is 10.00. The van der Waals surface area contributed by atoms with Crippen LogP contribution in [0.4, 0.5) is 10.1 Å². The van der Waals surface area contributed by atoms with Crippen molar-refractivity contribution in [2.75, 3.05) is 12.4 Å². The molecule has 1 aromatic carbocycles. The molecule has 1 aliphatic rings. The fourth-order valence-electron chi connectivity index (χ4n) is 2.32. The molecule has 3 rings (SSSR count). The maximum atomic E-state index is 13.6. The molecule has 6 heteroatoms. The minimum absolute atomic E-state index is 0.153. The van der Waals surface area contributed by atoms with E-state index in [0.717, 1.165) is 16.8 Å². The maximum Gasteiger partial charge on any atom is 0.221 e. The average Bonchev–Trinajstić information content (AvgIpc) is 3.29. The van der Waals surface area contributed by atoms with Crippen molar-refractivity contribution in [3.63, 3.8) is 0 Å². The second-order valence-electron chi connectivity index (χ2n) is 5.11. The van der Waals surface area contributed by atoms with E-state index in [1.807, 2.05) is 13.1 Å². The zero-order valence-corrected chi connectivity index (χ0v) is 13.7. The van der Waals surface area contributed by atoms with Gasteiger partial charge in [-0.3, -0.25) is 10.2 Å². The van der Waals surface area contributed by atoms with Crippen LogP contribution in [0.2, 0.25) is 0 Å². The second-order valence-corrected chi connectivity index (χ2v) is 6.09. The fraction of sp³-hybridized carbons (Fsp3) is 0.235. The Morgan fingerprint density at radius 1 is 1.35 bits per heavy atom. The lowest BCUT2D eigenvalue weighted by molar-refractivity contribution is -0.109. The van der Waals surface area contributed by atoms with Gasteiger partial charge in [-0.25, -0.2) is 10.2 Å². The maximum absolute atomic E-state index is 13.6. The van der Waals surface area contributed by atoms with Gasteiger partial charge in [0.2, 0.25) is 6.41 Å². The number of nitrogens with one attached hydrogen (secondary N) is 2. The van der Waals surface area contributed by atoms with Crippen LogP contribution in [0.1, 0.15) is 34.8 Å². The summed E-state index contributed by atoms with van der Waals surface area (Å²) in [5, 5.41) is 5.16. The highest BCUT2D eigenvalue weighted by molar-refractivity contribution is 7.10. The molecule has 0 unspecified atom stereocenters. The number of hydrogen-bond acceptors (Lipinski definition) is 4. The summed E-state index contributed by atoms with van der Waals surface area (Å²) in [5.74, 6) is 4.79. The molecule has 1 aliphatic carbocycles. The van der Waals surface area contributed by atoms with Crippen LogP contribution in [0, 0.1) is 5.82 Å². The predicted octanol–water partition coefficient (Wildman–Crippen LogP) is 3.58. The van der Waals surface area contributed by atoms with Gasteiger partial charge in [0.15, 0.2) is 0 Å². The van der Waals surface area contributed by atoms with Crippen molar-refractivity contribution in [2.45, 2.75) is 18.8 Å². The molecule has 1 heterocycles. The molecular weight excluding hydrogens is 313 g/mol. The van der Waals surface area contributed by atoms with Crippen LogP contribution < -0.4 is 16.6 Å². The zero-order chi connectivity index (χ0) is 16.7. The van der Waals surface area contributed by atoms with E-state index in [9.17, 15) is 4.39 Å². The number of anilines is 1. The van der Waals surface area contributed by atoms with E-state index in [0.29, 0.717) is 12.3 Å². The number of carbonyl (C=O) groups excluding carboxylic acids is 1.